The van der Waals surface area contributed by atoms with Crippen molar-refractivity contribution in [1.29, 1.82) is 0 Å². The minimum atomic E-state index is 0.879. The van der Waals surface area contributed by atoms with Gasteiger partial charge in [-0.3, -0.25) is 4.99 Å². The van der Waals surface area contributed by atoms with Crippen LogP contribution in [0.15, 0.2) is 35.3 Å². The van der Waals surface area contributed by atoms with Gasteiger partial charge in [0.15, 0.2) is 5.96 Å². The van der Waals surface area contributed by atoms with E-state index in [1.165, 1.54) is 50.9 Å². The molecule has 1 heterocycles. The maximum atomic E-state index is 4.30. The van der Waals surface area contributed by atoms with Gasteiger partial charge in [-0.05, 0) is 56.7 Å². The molecule has 1 aromatic carbocycles. The van der Waals surface area contributed by atoms with Crippen molar-refractivity contribution in [3.05, 3.63) is 35.9 Å². The third-order valence-corrected chi connectivity index (χ3v) is 4.71. The zero-order valence-electron chi connectivity index (χ0n) is 15.4. The molecule has 24 heavy (non-hydrogen) atoms. The smallest absolute Gasteiger partial charge is 0.190 e. The zero-order chi connectivity index (χ0) is 17.0. The van der Waals surface area contributed by atoms with Gasteiger partial charge in [-0.1, -0.05) is 37.3 Å². The monoisotopic (exact) mass is 330 g/mol. The standard InChI is InChI=1S/C20H34N4/c1-18-9-8-16-24(17-18)15-7-6-13-22-20(21-2)23-14-12-19-10-4-3-5-11-19/h3-5,10-11,18H,6-9,12-17H2,1-2H3,(H2,21,22,23). The average Bonchev–Trinajstić information content (AvgIpc) is 2.61. The van der Waals surface area contributed by atoms with Crippen LogP contribution in [0.4, 0.5) is 0 Å². The largest absolute Gasteiger partial charge is 0.356 e. The van der Waals surface area contributed by atoms with Gasteiger partial charge in [-0.2, -0.15) is 0 Å². The molecule has 0 saturated carbocycles. The number of nitrogens with one attached hydrogen (secondary N) is 2. The fraction of sp³-hybridized carbons (Fsp3) is 0.650. The van der Waals surface area contributed by atoms with E-state index in [-0.39, 0.29) is 0 Å². The molecule has 0 bridgehead atoms. The van der Waals surface area contributed by atoms with E-state index in [9.17, 15) is 0 Å². The van der Waals surface area contributed by atoms with Crippen LogP contribution in [0.1, 0.15) is 38.2 Å². The molecule has 1 fully saturated rings. The van der Waals surface area contributed by atoms with E-state index in [0.29, 0.717) is 0 Å². The fourth-order valence-electron chi connectivity index (χ4n) is 3.35. The van der Waals surface area contributed by atoms with E-state index in [0.717, 1.165) is 31.4 Å². The number of likely N-dealkylation sites (tertiary alicyclic amines) is 1. The van der Waals surface area contributed by atoms with Gasteiger partial charge in [0, 0.05) is 26.7 Å². The average molecular weight is 331 g/mol. The Balaban J connectivity index is 1.52. The summed E-state index contributed by atoms with van der Waals surface area (Å²) in [5.74, 6) is 1.79. The van der Waals surface area contributed by atoms with Crippen LogP contribution >= 0.6 is 0 Å². The van der Waals surface area contributed by atoms with Crippen molar-refractivity contribution in [2.24, 2.45) is 10.9 Å². The van der Waals surface area contributed by atoms with Crippen LogP contribution in [-0.2, 0) is 6.42 Å². The summed E-state index contributed by atoms with van der Waals surface area (Å²) in [6.45, 7) is 8.10. The molecule has 0 radical (unpaired) electrons. The summed E-state index contributed by atoms with van der Waals surface area (Å²) in [5, 5.41) is 6.82. The SMILES string of the molecule is CN=C(NCCCCN1CCCC(C)C1)NCCc1ccccc1. The van der Waals surface area contributed by atoms with Crippen molar-refractivity contribution in [1.82, 2.24) is 15.5 Å². The van der Waals surface area contributed by atoms with Crippen molar-refractivity contribution in [2.75, 3.05) is 39.8 Å². The first-order valence-corrected chi connectivity index (χ1v) is 9.48. The zero-order valence-corrected chi connectivity index (χ0v) is 15.4. The van der Waals surface area contributed by atoms with Gasteiger partial charge in [0.1, 0.15) is 0 Å². The number of hydrogen-bond acceptors (Lipinski definition) is 2. The number of guanidine groups is 1. The molecule has 0 spiro atoms. The molecule has 1 aliphatic rings. The minimum absolute atomic E-state index is 0.879. The molecule has 1 aliphatic heterocycles. The lowest BCUT2D eigenvalue weighted by molar-refractivity contribution is 0.181. The highest BCUT2D eigenvalue weighted by atomic mass is 15.2. The summed E-state index contributed by atoms with van der Waals surface area (Å²) >= 11 is 0. The minimum Gasteiger partial charge on any atom is -0.356 e. The Morgan fingerprint density at radius 1 is 1.17 bits per heavy atom. The normalized spacial score (nSPS) is 19.2. The van der Waals surface area contributed by atoms with Crippen molar-refractivity contribution in [2.45, 2.75) is 39.0 Å². The highest BCUT2D eigenvalue weighted by Crippen LogP contribution is 2.15. The van der Waals surface area contributed by atoms with Crippen LogP contribution < -0.4 is 10.6 Å². The third kappa shape index (κ3) is 7.35. The first kappa shape index (κ1) is 18.8. The number of rotatable bonds is 8. The number of piperidine rings is 1. The summed E-state index contributed by atoms with van der Waals surface area (Å²) in [7, 11) is 1.84. The van der Waals surface area contributed by atoms with Crippen LogP contribution in [0, 0.1) is 5.92 Å². The lowest BCUT2D eigenvalue weighted by Crippen LogP contribution is -2.39. The molecule has 0 amide bonds. The van der Waals surface area contributed by atoms with E-state index in [1.54, 1.807) is 0 Å². The van der Waals surface area contributed by atoms with E-state index < -0.39 is 0 Å². The number of benzene rings is 1. The molecule has 0 aromatic heterocycles. The number of unbranched alkanes of at least 4 members (excludes halogenated alkanes) is 1. The lowest BCUT2D eigenvalue weighted by atomic mass is 10.0. The van der Waals surface area contributed by atoms with E-state index in [2.05, 4.69) is 57.8 Å². The molecule has 1 aromatic rings. The van der Waals surface area contributed by atoms with Crippen molar-refractivity contribution >= 4 is 5.96 Å². The molecular weight excluding hydrogens is 296 g/mol. The second-order valence-electron chi connectivity index (χ2n) is 6.92. The topological polar surface area (TPSA) is 39.7 Å². The third-order valence-electron chi connectivity index (χ3n) is 4.71. The molecule has 2 N–H and O–H groups in total. The Kier molecular flexibility index (Phi) is 8.67. The van der Waals surface area contributed by atoms with Crippen molar-refractivity contribution in [3.8, 4) is 0 Å². The van der Waals surface area contributed by atoms with Gasteiger partial charge in [-0.25, -0.2) is 0 Å². The first-order valence-electron chi connectivity index (χ1n) is 9.48. The lowest BCUT2D eigenvalue weighted by Gasteiger charge is -2.30. The second-order valence-corrected chi connectivity index (χ2v) is 6.92. The molecule has 1 unspecified atom stereocenters. The van der Waals surface area contributed by atoms with Crippen molar-refractivity contribution in [3.63, 3.8) is 0 Å². The van der Waals surface area contributed by atoms with E-state index >= 15 is 0 Å². The maximum Gasteiger partial charge on any atom is 0.190 e. The Bertz CT molecular complexity index is 472. The predicted molar refractivity (Wildman–Crippen MR) is 104 cm³/mol. The predicted octanol–water partition coefficient (Wildman–Crippen LogP) is 2.91. The summed E-state index contributed by atoms with van der Waals surface area (Å²) in [6, 6.07) is 10.6. The van der Waals surface area contributed by atoms with E-state index in [4.69, 9.17) is 0 Å². The highest BCUT2D eigenvalue weighted by Gasteiger charge is 2.15. The molecule has 134 valence electrons. The highest BCUT2D eigenvalue weighted by molar-refractivity contribution is 5.79. The Labute approximate surface area is 147 Å². The van der Waals surface area contributed by atoms with Gasteiger partial charge in [0.2, 0.25) is 0 Å². The summed E-state index contributed by atoms with van der Waals surface area (Å²) in [4.78, 5) is 6.93. The summed E-state index contributed by atoms with van der Waals surface area (Å²) < 4.78 is 0. The fourth-order valence-corrected chi connectivity index (χ4v) is 3.35. The van der Waals surface area contributed by atoms with Crippen LogP contribution in [0.5, 0.6) is 0 Å². The maximum absolute atomic E-state index is 4.30. The van der Waals surface area contributed by atoms with Crippen LogP contribution in [0.2, 0.25) is 0 Å². The summed E-state index contributed by atoms with van der Waals surface area (Å²) in [6.07, 6.45) is 6.26. The number of aliphatic imine (C=N–C) groups is 1. The van der Waals surface area contributed by atoms with Crippen LogP contribution in [-0.4, -0.2) is 50.6 Å². The Hall–Kier alpha value is -1.55. The molecule has 0 aliphatic carbocycles. The van der Waals surface area contributed by atoms with Crippen LogP contribution in [0.25, 0.3) is 0 Å². The second kappa shape index (κ2) is 11.1. The quantitative estimate of drug-likeness (QED) is 0.437. The van der Waals surface area contributed by atoms with Gasteiger partial charge >= 0.3 is 0 Å². The molecule has 4 heteroatoms. The van der Waals surface area contributed by atoms with Crippen LogP contribution in [0.3, 0.4) is 0 Å². The molecule has 1 atom stereocenters. The first-order chi connectivity index (χ1) is 11.8. The number of nitrogens with zero attached hydrogens (tertiary/aromatic N) is 2. The molecule has 1 saturated heterocycles. The van der Waals surface area contributed by atoms with E-state index in [1.807, 2.05) is 7.05 Å². The molecule has 2 rings (SSSR count). The Morgan fingerprint density at radius 2 is 1.96 bits per heavy atom. The van der Waals surface area contributed by atoms with Gasteiger partial charge < -0.3 is 15.5 Å². The van der Waals surface area contributed by atoms with Crippen molar-refractivity contribution < 1.29 is 0 Å². The van der Waals surface area contributed by atoms with Gasteiger partial charge in [-0.15, -0.1) is 0 Å². The molecular formula is C20H34N4. The number of hydrogen-bond donors (Lipinski definition) is 2. The van der Waals surface area contributed by atoms with Gasteiger partial charge in [0.25, 0.3) is 0 Å². The Morgan fingerprint density at radius 3 is 2.71 bits per heavy atom. The van der Waals surface area contributed by atoms with Gasteiger partial charge in [0.05, 0.1) is 0 Å². The summed E-state index contributed by atoms with van der Waals surface area (Å²) in [5.41, 5.74) is 1.36. The molecule has 4 nitrogen and oxygen atoms in total.